The summed E-state index contributed by atoms with van der Waals surface area (Å²) >= 11 is 0. The molecule has 1 saturated heterocycles. The minimum absolute atomic E-state index is 0.00284. The number of likely N-dealkylation sites (N-methyl/N-ethyl adjacent to an activating group) is 1. The van der Waals surface area contributed by atoms with Crippen molar-refractivity contribution >= 4 is 9.84 Å². The summed E-state index contributed by atoms with van der Waals surface area (Å²) in [6.07, 6.45) is 0.947. The van der Waals surface area contributed by atoms with Crippen molar-refractivity contribution in [3.8, 4) is 5.75 Å². The molecule has 2 rings (SSSR count). The van der Waals surface area contributed by atoms with E-state index in [-0.39, 0.29) is 24.2 Å². The molecule has 0 bridgehead atoms. The average molecular weight is 327 g/mol. The quantitative estimate of drug-likeness (QED) is 0.812. The van der Waals surface area contributed by atoms with E-state index in [0.29, 0.717) is 13.0 Å². The number of nitrogens with zero attached hydrogens (tertiary/aromatic N) is 1. The molecule has 5 nitrogen and oxygen atoms in total. The topological polar surface area (TPSA) is 66.8 Å². The lowest BCUT2D eigenvalue weighted by atomic mass is 10.2. The molecule has 6 heteroatoms. The van der Waals surface area contributed by atoms with Crippen molar-refractivity contribution in [3.63, 3.8) is 0 Å². The number of ether oxygens (including phenoxy) is 1. The van der Waals surface area contributed by atoms with Gasteiger partial charge in [0.1, 0.15) is 18.5 Å². The van der Waals surface area contributed by atoms with Crippen LogP contribution in [0.3, 0.4) is 0 Å². The van der Waals surface area contributed by atoms with Crippen LogP contribution < -0.4 is 4.74 Å². The Kier molecular flexibility index (Phi) is 5.83. The van der Waals surface area contributed by atoms with E-state index in [9.17, 15) is 13.5 Å². The number of aryl methyl sites for hydroxylation is 1. The van der Waals surface area contributed by atoms with Crippen molar-refractivity contribution in [3.05, 3.63) is 29.8 Å². The van der Waals surface area contributed by atoms with E-state index in [4.69, 9.17) is 4.74 Å². The lowest BCUT2D eigenvalue weighted by Crippen LogP contribution is -2.40. The molecule has 0 amide bonds. The number of sulfone groups is 1. The van der Waals surface area contributed by atoms with Crippen molar-refractivity contribution in [2.45, 2.75) is 31.9 Å². The Morgan fingerprint density at radius 1 is 1.45 bits per heavy atom. The molecule has 0 aliphatic carbocycles. The van der Waals surface area contributed by atoms with E-state index in [0.717, 1.165) is 12.2 Å². The molecule has 1 aliphatic heterocycles. The minimum atomic E-state index is -2.89. The Morgan fingerprint density at radius 3 is 2.86 bits per heavy atom. The van der Waals surface area contributed by atoms with Crippen LogP contribution >= 0.6 is 0 Å². The fourth-order valence-electron chi connectivity index (χ4n) is 2.70. The van der Waals surface area contributed by atoms with Crippen molar-refractivity contribution in [2.24, 2.45) is 0 Å². The zero-order valence-electron chi connectivity index (χ0n) is 13.2. The Bertz CT molecular complexity index is 588. The van der Waals surface area contributed by atoms with Crippen LogP contribution in [0.25, 0.3) is 0 Å². The number of rotatable bonds is 7. The summed E-state index contributed by atoms with van der Waals surface area (Å²) in [5.74, 6) is 1.19. The third kappa shape index (κ3) is 4.97. The summed E-state index contributed by atoms with van der Waals surface area (Å²) in [4.78, 5) is 1.92. The number of benzene rings is 1. The highest BCUT2D eigenvalue weighted by atomic mass is 32.2. The first kappa shape index (κ1) is 17.2. The fourth-order valence-corrected chi connectivity index (χ4v) is 4.51. The second kappa shape index (κ2) is 7.44. The van der Waals surface area contributed by atoms with Gasteiger partial charge in [0.15, 0.2) is 9.84 Å². The molecular formula is C16H25NO4S. The highest BCUT2D eigenvalue weighted by Gasteiger charge is 2.31. The second-order valence-electron chi connectivity index (χ2n) is 5.96. The van der Waals surface area contributed by atoms with Gasteiger partial charge in [-0.15, -0.1) is 0 Å². The van der Waals surface area contributed by atoms with Gasteiger partial charge in [-0.05, 0) is 37.6 Å². The Hall–Kier alpha value is -1.11. The van der Waals surface area contributed by atoms with Gasteiger partial charge in [0.25, 0.3) is 0 Å². The van der Waals surface area contributed by atoms with Gasteiger partial charge in [-0.25, -0.2) is 8.42 Å². The molecule has 1 aromatic carbocycles. The maximum absolute atomic E-state index is 11.5. The number of hydrogen-bond donors (Lipinski definition) is 1. The monoisotopic (exact) mass is 327 g/mol. The van der Waals surface area contributed by atoms with Crippen molar-refractivity contribution < 1.29 is 18.3 Å². The molecule has 1 fully saturated rings. The zero-order chi connectivity index (χ0) is 16.2. The summed E-state index contributed by atoms with van der Waals surface area (Å²) in [7, 11) is -1.04. The molecule has 0 radical (unpaired) electrons. The predicted molar refractivity (Wildman–Crippen MR) is 87.0 cm³/mol. The molecule has 124 valence electrons. The van der Waals surface area contributed by atoms with Gasteiger partial charge < -0.3 is 9.84 Å². The van der Waals surface area contributed by atoms with Crippen molar-refractivity contribution in [2.75, 3.05) is 31.7 Å². The summed E-state index contributed by atoms with van der Waals surface area (Å²) in [5.41, 5.74) is 1.19. The maximum Gasteiger partial charge on any atom is 0.151 e. The molecule has 0 aromatic heterocycles. The molecule has 1 heterocycles. The normalized spacial score (nSPS) is 21.9. The summed E-state index contributed by atoms with van der Waals surface area (Å²) in [5, 5.41) is 10.1. The van der Waals surface area contributed by atoms with Crippen LogP contribution in [0.5, 0.6) is 5.75 Å². The number of aliphatic hydroxyl groups excluding tert-OH is 1. The fraction of sp³-hybridized carbons (Fsp3) is 0.625. The average Bonchev–Trinajstić information content (AvgIpc) is 2.85. The van der Waals surface area contributed by atoms with E-state index in [1.54, 1.807) is 0 Å². The van der Waals surface area contributed by atoms with E-state index in [1.807, 2.05) is 36.2 Å². The van der Waals surface area contributed by atoms with Gasteiger partial charge in [0, 0.05) is 12.6 Å². The van der Waals surface area contributed by atoms with Crippen LogP contribution in [0.1, 0.15) is 18.9 Å². The first-order chi connectivity index (χ1) is 10.4. The molecule has 0 saturated carbocycles. The van der Waals surface area contributed by atoms with E-state index in [1.165, 1.54) is 5.56 Å². The van der Waals surface area contributed by atoms with Gasteiger partial charge in [-0.3, -0.25) is 4.90 Å². The SMILES string of the molecule is CCc1cccc(OC[C@@H](O)CN(C)[C@H]2CCS(=O)(=O)C2)c1. The predicted octanol–water partition coefficient (Wildman–Crippen LogP) is 1.11. The summed E-state index contributed by atoms with van der Waals surface area (Å²) in [6, 6.07) is 7.83. The van der Waals surface area contributed by atoms with E-state index < -0.39 is 15.9 Å². The first-order valence-electron chi connectivity index (χ1n) is 7.70. The van der Waals surface area contributed by atoms with Gasteiger partial charge >= 0.3 is 0 Å². The smallest absolute Gasteiger partial charge is 0.151 e. The van der Waals surface area contributed by atoms with Crippen LogP contribution in [0.15, 0.2) is 24.3 Å². The van der Waals surface area contributed by atoms with Gasteiger partial charge in [0.2, 0.25) is 0 Å². The molecule has 1 N–H and O–H groups in total. The van der Waals surface area contributed by atoms with Crippen molar-refractivity contribution in [1.29, 1.82) is 0 Å². The Balaban J connectivity index is 1.79. The molecular weight excluding hydrogens is 302 g/mol. The van der Waals surface area contributed by atoms with Crippen LogP contribution in [0, 0.1) is 0 Å². The molecule has 1 aliphatic rings. The minimum Gasteiger partial charge on any atom is -0.491 e. The Labute approximate surface area is 132 Å². The van der Waals surface area contributed by atoms with Crippen LogP contribution in [-0.4, -0.2) is 62.3 Å². The first-order valence-corrected chi connectivity index (χ1v) is 9.52. The lowest BCUT2D eigenvalue weighted by molar-refractivity contribution is 0.0664. The largest absolute Gasteiger partial charge is 0.491 e. The van der Waals surface area contributed by atoms with Gasteiger partial charge in [0.05, 0.1) is 11.5 Å². The molecule has 1 aromatic rings. The highest BCUT2D eigenvalue weighted by Crippen LogP contribution is 2.17. The Morgan fingerprint density at radius 2 is 2.23 bits per heavy atom. The third-order valence-electron chi connectivity index (χ3n) is 4.08. The third-order valence-corrected chi connectivity index (χ3v) is 5.83. The number of aliphatic hydroxyl groups is 1. The summed E-state index contributed by atoms with van der Waals surface area (Å²) < 4.78 is 28.6. The van der Waals surface area contributed by atoms with Gasteiger partial charge in [-0.1, -0.05) is 19.1 Å². The van der Waals surface area contributed by atoms with Crippen LogP contribution in [-0.2, 0) is 16.3 Å². The standard InChI is InChI=1S/C16H25NO4S/c1-3-13-5-4-6-16(9-13)21-11-15(18)10-17(2)14-7-8-22(19,20)12-14/h4-6,9,14-15,18H,3,7-8,10-12H2,1-2H3/t14-,15-/m0/s1. The van der Waals surface area contributed by atoms with Crippen LogP contribution in [0.2, 0.25) is 0 Å². The highest BCUT2D eigenvalue weighted by molar-refractivity contribution is 7.91. The maximum atomic E-state index is 11.5. The lowest BCUT2D eigenvalue weighted by Gasteiger charge is -2.25. The summed E-state index contributed by atoms with van der Waals surface area (Å²) in [6.45, 7) is 2.70. The molecule has 22 heavy (non-hydrogen) atoms. The van der Waals surface area contributed by atoms with E-state index in [2.05, 4.69) is 6.92 Å². The number of hydrogen-bond acceptors (Lipinski definition) is 5. The molecule has 0 unspecified atom stereocenters. The zero-order valence-corrected chi connectivity index (χ0v) is 14.1. The molecule has 2 atom stereocenters. The van der Waals surface area contributed by atoms with Gasteiger partial charge in [-0.2, -0.15) is 0 Å². The molecule has 0 spiro atoms. The van der Waals surface area contributed by atoms with E-state index >= 15 is 0 Å². The van der Waals surface area contributed by atoms with Crippen LogP contribution in [0.4, 0.5) is 0 Å². The van der Waals surface area contributed by atoms with Crippen molar-refractivity contribution in [1.82, 2.24) is 4.90 Å². The second-order valence-corrected chi connectivity index (χ2v) is 8.19.